The molecule has 0 bridgehead atoms. The van der Waals surface area contributed by atoms with E-state index in [0.717, 1.165) is 5.56 Å². The summed E-state index contributed by atoms with van der Waals surface area (Å²) < 4.78 is 5.15. The molecule has 0 spiro atoms. The van der Waals surface area contributed by atoms with Crippen molar-refractivity contribution in [1.82, 2.24) is 5.32 Å². The van der Waals surface area contributed by atoms with Crippen LogP contribution in [0.25, 0.3) is 0 Å². The molecular formula is C13H17NO4. The van der Waals surface area contributed by atoms with Crippen molar-refractivity contribution < 1.29 is 19.4 Å². The molecule has 1 atom stereocenters. The number of carboxylic acids is 1. The van der Waals surface area contributed by atoms with Gasteiger partial charge < -0.3 is 15.2 Å². The van der Waals surface area contributed by atoms with E-state index in [4.69, 9.17) is 9.84 Å². The maximum atomic E-state index is 11.5. The molecule has 98 valence electrons. The van der Waals surface area contributed by atoms with Gasteiger partial charge in [0.15, 0.2) is 0 Å². The minimum absolute atomic E-state index is 0.0233. The predicted octanol–water partition coefficient (Wildman–Crippen LogP) is 1.42. The molecular weight excluding hydrogens is 234 g/mol. The quantitative estimate of drug-likeness (QED) is 0.801. The molecule has 1 rings (SSSR count). The lowest BCUT2D eigenvalue weighted by molar-refractivity contribution is -0.143. The highest BCUT2D eigenvalue weighted by Gasteiger charge is 2.15. The van der Waals surface area contributed by atoms with Crippen LogP contribution in [0.3, 0.4) is 0 Å². The average Bonchev–Trinajstić information content (AvgIpc) is 2.36. The van der Waals surface area contributed by atoms with Crippen molar-refractivity contribution in [2.75, 3.05) is 7.11 Å². The fourth-order valence-corrected chi connectivity index (χ4v) is 1.48. The summed E-state index contributed by atoms with van der Waals surface area (Å²) in [6.07, 6.45) is -0.0233. The maximum absolute atomic E-state index is 11.5. The summed E-state index contributed by atoms with van der Waals surface area (Å²) in [5.74, 6) is -1.23. The third-order valence-electron chi connectivity index (χ3n) is 2.58. The largest absolute Gasteiger partial charge is 0.496 e. The minimum atomic E-state index is -0.970. The van der Waals surface area contributed by atoms with Crippen molar-refractivity contribution >= 4 is 11.9 Å². The Morgan fingerprint density at radius 2 is 2.06 bits per heavy atom. The number of methoxy groups -OCH3 is 1. The Bertz CT molecular complexity index is 431. The van der Waals surface area contributed by atoms with Crippen LogP contribution in [0, 0.1) is 5.92 Å². The van der Waals surface area contributed by atoms with Gasteiger partial charge in [-0.2, -0.15) is 0 Å². The fraction of sp³-hybridized carbons (Fsp3) is 0.385. The second-order valence-electron chi connectivity index (χ2n) is 4.03. The van der Waals surface area contributed by atoms with Crippen LogP contribution in [0.1, 0.15) is 18.9 Å². The Labute approximate surface area is 106 Å². The third-order valence-corrected chi connectivity index (χ3v) is 2.58. The monoisotopic (exact) mass is 251 g/mol. The number of nitrogens with one attached hydrogen (secondary N) is 1. The Balaban J connectivity index is 2.50. The van der Waals surface area contributed by atoms with Crippen molar-refractivity contribution in [3.05, 3.63) is 29.8 Å². The maximum Gasteiger partial charge on any atom is 0.306 e. The summed E-state index contributed by atoms with van der Waals surface area (Å²) in [6.45, 7) is 1.83. The molecule has 0 radical (unpaired) electrons. The van der Waals surface area contributed by atoms with Crippen molar-refractivity contribution in [2.24, 2.45) is 5.92 Å². The van der Waals surface area contributed by atoms with E-state index >= 15 is 0 Å². The van der Waals surface area contributed by atoms with Gasteiger partial charge in [0.2, 0.25) is 5.91 Å². The molecule has 0 heterocycles. The Morgan fingerprint density at radius 3 is 2.67 bits per heavy atom. The number of carboxylic acid groups (broad SMARTS) is 1. The molecule has 1 aromatic carbocycles. The van der Waals surface area contributed by atoms with Crippen LogP contribution in [-0.2, 0) is 16.1 Å². The number of hydrogen-bond donors (Lipinski definition) is 2. The number of ether oxygens (including phenoxy) is 1. The van der Waals surface area contributed by atoms with Crippen LogP contribution in [0.15, 0.2) is 24.3 Å². The van der Waals surface area contributed by atoms with Crippen LogP contribution >= 0.6 is 0 Å². The van der Waals surface area contributed by atoms with Gasteiger partial charge in [-0.1, -0.05) is 25.1 Å². The molecule has 0 aliphatic carbocycles. The first-order valence-corrected chi connectivity index (χ1v) is 5.66. The van der Waals surface area contributed by atoms with E-state index in [1.165, 1.54) is 6.92 Å². The van der Waals surface area contributed by atoms with Crippen LogP contribution in [0.2, 0.25) is 0 Å². The zero-order chi connectivity index (χ0) is 13.5. The topological polar surface area (TPSA) is 75.6 Å². The van der Waals surface area contributed by atoms with Crippen LogP contribution < -0.4 is 10.1 Å². The lowest BCUT2D eigenvalue weighted by Gasteiger charge is -2.10. The molecule has 2 N–H and O–H groups in total. The molecule has 5 nitrogen and oxygen atoms in total. The third kappa shape index (κ3) is 4.08. The van der Waals surface area contributed by atoms with Gasteiger partial charge in [0, 0.05) is 18.5 Å². The van der Waals surface area contributed by atoms with E-state index in [9.17, 15) is 9.59 Å². The highest BCUT2D eigenvalue weighted by Crippen LogP contribution is 2.16. The van der Waals surface area contributed by atoms with Gasteiger partial charge in [0.05, 0.1) is 13.0 Å². The van der Waals surface area contributed by atoms with Gasteiger partial charge in [-0.05, 0) is 6.07 Å². The highest BCUT2D eigenvalue weighted by atomic mass is 16.5. The Morgan fingerprint density at radius 1 is 1.39 bits per heavy atom. The van der Waals surface area contributed by atoms with Crippen molar-refractivity contribution in [2.45, 2.75) is 19.9 Å². The van der Waals surface area contributed by atoms with E-state index in [1.807, 2.05) is 18.2 Å². The summed E-state index contributed by atoms with van der Waals surface area (Å²) in [4.78, 5) is 22.1. The summed E-state index contributed by atoms with van der Waals surface area (Å²) in [5.41, 5.74) is 0.858. The van der Waals surface area contributed by atoms with E-state index < -0.39 is 11.9 Å². The number of carbonyl (C=O) groups excluding carboxylic acids is 1. The van der Waals surface area contributed by atoms with Gasteiger partial charge in [-0.3, -0.25) is 9.59 Å². The van der Waals surface area contributed by atoms with Gasteiger partial charge >= 0.3 is 5.97 Å². The zero-order valence-corrected chi connectivity index (χ0v) is 10.5. The summed E-state index contributed by atoms with van der Waals surface area (Å²) in [5, 5.41) is 11.4. The minimum Gasteiger partial charge on any atom is -0.496 e. The first-order valence-electron chi connectivity index (χ1n) is 5.66. The molecule has 0 fully saturated rings. The number of amides is 1. The smallest absolute Gasteiger partial charge is 0.306 e. The highest BCUT2D eigenvalue weighted by molar-refractivity contribution is 5.81. The van der Waals surface area contributed by atoms with Crippen molar-refractivity contribution in [3.8, 4) is 5.75 Å². The second-order valence-corrected chi connectivity index (χ2v) is 4.03. The van der Waals surface area contributed by atoms with Gasteiger partial charge in [-0.25, -0.2) is 0 Å². The molecule has 0 aliphatic heterocycles. The lowest BCUT2D eigenvalue weighted by atomic mass is 10.1. The predicted molar refractivity (Wildman–Crippen MR) is 66.3 cm³/mol. The SMILES string of the molecule is COc1ccccc1CNC(=O)CC(C)C(=O)O. The average molecular weight is 251 g/mol. The van der Waals surface area contributed by atoms with Crippen molar-refractivity contribution in [1.29, 1.82) is 0 Å². The molecule has 1 amide bonds. The number of hydrogen-bond acceptors (Lipinski definition) is 3. The van der Waals surface area contributed by atoms with E-state index in [0.29, 0.717) is 12.3 Å². The molecule has 0 aromatic heterocycles. The fourth-order valence-electron chi connectivity index (χ4n) is 1.48. The van der Waals surface area contributed by atoms with Gasteiger partial charge in [0.1, 0.15) is 5.75 Å². The molecule has 0 saturated carbocycles. The normalized spacial score (nSPS) is 11.7. The summed E-state index contributed by atoms with van der Waals surface area (Å²) in [7, 11) is 1.56. The first-order chi connectivity index (χ1) is 8.54. The number of para-hydroxylation sites is 1. The van der Waals surface area contributed by atoms with Gasteiger partial charge in [0.25, 0.3) is 0 Å². The van der Waals surface area contributed by atoms with E-state index in [1.54, 1.807) is 13.2 Å². The van der Waals surface area contributed by atoms with E-state index in [2.05, 4.69) is 5.32 Å². The summed E-state index contributed by atoms with van der Waals surface area (Å²) in [6, 6.07) is 7.35. The first kappa shape index (κ1) is 14.0. The number of aliphatic carboxylic acids is 1. The van der Waals surface area contributed by atoms with Gasteiger partial charge in [-0.15, -0.1) is 0 Å². The Hall–Kier alpha value is -2.04. The Kier molecular flexibility index (Phi) is 5.17. The second kappa shape index (κ2) is 6.64. The molecule has 1 aromatic rings. The molecule has 5 heteroatoms. The van der Waals surface area contributed by atoms with Crippen LogP contribution in [0.5, 0.6) is 5.75 Å². The molecule has 0 saturated heterocycles. The lowest BCUT2D eigenvalue weighted by Crippen LogP contribution is -2.26. The summed E-state index contributed by atoms with van der Waals surface area (Å²) >= 11 is 0. The number of carbonyl (C=O) groups is 2. The number of benzene rings is 1. The van der Waals surface area contributed by atoms with Crippen LogP contribution in [0.4, 0.5) is 0 Å². The molecule has 18 heavy (non-hydrogen) atoms. The molecule has 1 unspecified atom stereocenters. The number of rotatable bonds is 6. The molecule has 0 aliphatic rings. The zero-order valence-electron chi connectivity index (χ0n) is 10.5. The van der Waals surface area contributed by atoms with Crippen LogP contribution in [-0.4, -0.2) is 24.1 Å². The van der Waals surface area contributed by atoms with E-state index in [-0.39, 0.29) is 12.3 Å². The standard InChI is InChI=1S/C13H17NO4/c1-9(13(16)17)7-12(15)14-8-10-5-3-4-6-11(10)18-2/h3-6,9H,7-8H2,1-2H3,(H,14,15)(H,16,17). The van der Waals surface area contributed by atoms with Crippen molar-refractivity contribution in [3.63, 3.8) is 0 Å².